The molecule has 1 aromatic heterocycles. The lowest BCUT2D eigenvalue weighted by Gasteiger charge is -2.37. The van der Waals surface area contributed by atoms with Crippen LogP contribution in [0.5, 0.6) is 0 Å². The van der Waals surface area contributed by atoms with E-state index in [9.17, 15) is 4.79 Å². The third kappa shape index (κ3) is 7.34. The molecule has 2 aliphatic rings. The highest BCUT2D eigenvalue weighted by atomic mass is 127. The minimum Gasteiger partial charge on any atom is -0.378 e. The third-order valence-electron chi connectivity index (χ3n) is 5.02. The van der Waals surface area contributed by atoms with Crippen LogP contribution in [0.2, 0.25) is 0 Å². The monoisotopic (exact) mass is 536 g/mol. The Morgan fingerprint density at radius 3 is 2.52 bits per heavy atom. The van der Waals surface area contributed by atoms with Crippen LogP contribution in [0.4, 0.5) is 0 Å². The van der Waals surface area contributed by atoms with Crippen LogP contribution < -0.4 is 5.32 Å². The lowest BCUT2D eigenvalue weighted by atomic mass is 10.3. The predicted molar refractivity (Wildman–Crippen MR) is 127 cm³/mol. The summed E-state index contributed by atoms with van der Waals surface area (Å²) in [6.07, 6.45) is 0.972. The Bertz CT molecular complexity index is 657. The molecule has 2 saturated heterocycles. The lowest BCUT2D eigenvalue weighted by molar-refractivity contribution is -0.136. The Balaban J connectivity index is 0.00000300. The van der Waals surface area contributed by atoms with Crippen LogP contribution in [0.15, 0.2) is 10.4 Å². The van der Waals surface area contributed by atoms with Crippen molar-refractivity contribution in [2.45, 2.75) is 26.8 Å². The fourth-order valence-corrected chi connectivity index (χ4v) is 4.12. The number of amides is 1. The van der Waals surface area contributed by atoms with Gasteiger partial charge in [-0.1, -0.05) is 6.92 Å². The maximum absolute atomic E-state index is 12.4. The first-order valence-electron chi connectivity index (χ1n) is 10.2. The molecule has 0 radical (unpaired) electrons. The molecule has 1 aromatic rings. The largest absolute Gasteiger partial charge is 0.378 e. The topological polar surface area (TPSA) is 73.3 Å². The van der Waals surface area contributed by atoms with Crippen LogP contribution in [0.25, 0.3) is 0 Å². The van der Waals surface area contributed by atoms with Crippen LogP contribution in [-0.4, -0.2) is 97.1 Å². The summed E-state index contributed by atoms with van der Waals surface area (Å²) in [5.74, 6) is 1.15. The summed E-state index contributed by atoms with van der Waals surface area (Å²) in [5, 5.41) is 6.65. The van der Waals surface area contributed by atoms with Crippen LogP contribution in [-0.2, 0) is 22.5 Å². The summed E-state index contributed by atoms with van der Waals surface area (Å²) in [5.41, 5.74) is 1.03. The Hall–Kier alpha value is -0.980. The van der Waals surface area contributed by atoms with Crippen molar-refractivity contribution in [3.05, 3.63) is 16.1 Å². The smallest absolute Gasteiger partial charge is 0.236 e. The Morgan fingerprint density at radius 1 is 1.17 bits per heavy atom. The van der Waals surface area contributed by atoms with Crippen molar-refractivity contribution in [2.24, 2.45) is 4.99 Å². The summed E-state index contributed by atoms with van der Waals surface area (Å²) in [4.78, 5) is 28.3. The van der Waals surface area contributed by atoms with Crippen molar-refractivity contribution in [1.29, 1.82) is 0 Å². The molecule has 0 atom stereocenters. The molecule has 3 heterocycles. The Kier molecular flexibility index (Phi) is 10.6. The number of guanidine groups is 1. The number of carbonyl (C=O) groups is 1. The van der Waals surface area contributed by atoms with E-state index in [0.717, 1.165) is 55.8 Å². The maximum Gasteiger partial charge on any atom is 0.236 e. The van der Waals surface area contributed by atoms with Gasteiger partial charge in [-0.25, -0.2) is 9.98 Å². The molecule has 2 fully saturated rings. The van der Waals surface area contributed by atoms with E-state index in [2.05, 4.69) is 39.3 Å². The molecule has 0 saturated carbocycles. The standard InChI is InChI=1S/C19H32N6O2S.HI/c1-3-17-22-16(15-28-17)13-21-19(20-4-2)25-7-5-23(6-8-25)14-18(26)24-9-11-27-12-10-24;/h15H,3-14H2,1-2H3,(H,20,21);1H. The molecule has 0 aromatic carbocycles. The zero-order chi connectivity index (χ0) is 19.8. The van der Waals surface area contributed by atoms with Gasteiger partial charge in [0.1, 0.15) is 0 Å². The Labute approximate surface area is 194 Å². The van der Waals surface area contributed by atoms with Gasteiger partial charge >= 0.3 is 0 Å². The van der Waals surface area contributed by atoms with Gasteiger partial charge in [0, 0.05) is 51.2 Å². The minimum atomic E-state index is 0. The number of nitrogens with zero attached hydrogens (tertiary/aromatic N) is 5. The minimum absolute atomic E-state index is 0. The zero-order valence-corrected chi connectivity index (χ0v) is 20.6. The van der Waals surface area contributed by atoms with E-state index in [1.165, 1.54) is 0 Å². The van der Waals surface area contributed by atoms with Crippen molar-refractivity contribution < 1.29 is 9.53 Å². The second kappa shape index (κ2) is 12.7. The third-order valence-corrected chi connectivity index (χ3v) is 6.06. The van der Waals surface area contributed by atoms with E-state index in [4.69, 9.17) is 9.73 Å². The first kappa shape index (κ1) is 24.3. The molecular formula is C19H33IN6O2S. The second-order valence-electron chi connectivity index (χ2n) is 7.01. The summed E-state index contributed by atoms with van der Waals surface area (Å²) in [6.45, 7) is 12.4. The summed E-state index contributed by atoms with van der Waals surface area (Å²) >= 11 is 1.70. The fourth-order valence-electron chi connectivity index (χ4n) is 3.39. The molecule has 1 N–H and O–H groups in total. The number of ether oxygens (including phenoxy) is 1. The quantitative estimate of drug-likeness (QED) is 0.336. The molecule has 1 amide bonds. The van der Waals surface area contributed by atoms with Crippen molar-refractivity contribution in [1.82, 2.24) is 25.0 Å². The van der Waals surface area contributed by atoms with Crippen LogP contribution >= 0.6 is 35.3 Å². The van der Waals surface area contributed by atoms with Gasteiger partial charge in [-0.05, 0) is 13.3 Å². The molecule has 2 aliphatic heterocycles. The normalized spacial score (nSPS) is 18.5. The van der Waals surface area contributed by atoms with Gasteiger partial charge in [0.2, 0.25) is 5.91 Å². The van der Waals surface area contributed by atoms with Gasteiger partial charge in [0.15, 0.2) is 5.96 Å². The first-order valence-corrected chi connectivity index (χ1v) is 11.1. The fraction of sp³-hybridized carbons (Fsp3) is 0.737. The zero-order valence-electron chi connectivity index (χ0n) is 17.4. The molecule has 0 bridgehead atoms. The number of carbonyl (C=O) groups excluding carboxylic acids is 1. The van der Waals surface area contributed by atoms with Crippen LogP contribution in [0.3, 0.4) is 0 Å². The number of morpholine rings is 1. The van der Waals surface area contributed by atoms with E-state index in [1.807, 2.05) is 4.90 Å². The van der Waals surface area contributed by atoms with Crippen LogP contribution in [0, 0.1) is 0 Å². The number of piperazine rings is 1. The van der Waals surface area contributed by atoms with Gasteiger partial charge in [-0.15, -0.1) is 35.3 Å². The average Bonchev–Trinajstić information content (AvgIpc) is 3.20. The summed E-state index contributed by atoms with van der Waals surface area (Å²) < 4.78 is 5.33. The molecule has 0 aliphatic carbocycles. The summed E-state index contributed by atoms with van der Waals surface area (Å²) in [7, 11) is 0. The van der Waals surface area contributed by atoms with E-state index >= 15 is 0 Å². The number of aromatic nitrogens is 1. The Morgan fingerprint density at radius 2 is 1.90 bits per heavy atom. The van der Waals surface area contributed by atoms with Crippen molar-refractivity contribution in [3.63, 3.8) is 0 Å². The molecule has 8 nitrogen and oxygen atoms in total. The maximum atomic E-state index is 12.4. The molecule has 3 rings (SSSR count). The number of hydrogen-bond donors (Lipinski definition) is 1. The SMILES string of the molecule is CCNC(=NCc1csc(CC)n1)N1CCN(CC(=O)N2CCOCC2)CC1.I. The van der Waals surface area contributed by atoms with Gasteiger partial charge < -0.3 is 19.9 Å². The number of aliphatic imine (C=N–C) groups is 1. The number of halogens is 1. The number of nitrogens with one attached hydrogen (secondary N) is 1. The number of aryl methyl sites for hydroxylation is 1. The van der Waals surface area contributed by atoms with E-state index in [0.29, 0.717) is 39.4 Å². The number of hydrogen-bond acceptors (Lipinski definition) is 6. The highest BCUT2D eigenvalue weighted by molar-refractivity contribution is 14.0. The van der Waals surface area contributed by atoms with E-state index in [1.54, 1.807) is 11.3 Å². The van der Waals surface area contributed by atoms with Gasteiger partial charge in [0.05, 0.1) is 37.0 Å². The molecular weight excluding hydrogens is 503 g/mol. The number of thiazole rings is 1. The average molecular weight is 536 g/mol. The first-order chi connectivity index (χ1) is 13.7. The van der Waals surface area contributed by atoms with Gasteiger partial charge in [0.25, 0.3) is 0 Å². The van der Waals surface area contributed by atoms with Crippen molar-refractivity contribution in [3.8, 4) is 0 Å². The van der Waals surface area contributed by atoms with Crippen molar-refractivity contribution in [2.75, 3.05) is 65.6 Å². The predicted octanol–water partition coefficient (Wildman–Crippen LogP) is 1.27. The van der Waals surface area contributed by atoms with Gasteiger partial charge in [-0.2, -0.15) is 0 Å². The van der Waals surface area contributed by atoms with E-state index in [-0.39, 0.29) is 29.9 Å². The summed E-state index contributed by atoms with van der Waals surface area (Å²) in [6, 6.07) is 0. The second-order valence-corrected chi connectivity index (χ2v) is 7.96. The molecule has 164 valence electrons. The van der Waals surface area contributed by atoms with Crippen molar-refractivity contribution >= 4 is 47.2 Å². The van der Waals surface area contributed by atoms with Crippen LogP contribution in [0.1, 0.15) is 24.5 Å². The molecule has 0 unspecified atom stereocenters. The molecule has 0 spiro atoms. The van der Waals surface area contributed by atoms with E-state index < -0.39 is 0 Å². The number of rotatable bonds is 6. The highest BCUT2D eigenvalue weighted by Gasteiger charge is 2.24. The highest BCUT2D eigenvalue weighted by Crippen LogP contribution is 2.11. The molecule has 29 heavy (non-hydrogen) atoms. The lowest BCUT2D eigenvalue weighted by Crippen LogP contribution is -2.54. The van der Waals surface area contributed by atoms with Gasteiger partial charge in [-0.3, -0.25) is 9.69 Å². The molecule has 10 heteroatoms.